The maximum atomic E-state index is 13.0. The first-order chi connectivity index (χ1) is 18.8. The van der Waals surface area contributed by atoms with Gasteiger partial charge in [0.05, 0.1) is 4.88 Å². The lowest BCUT2D eigenvalue weighted by molar-refractivity contribution is -0.141. The number of hydrogen-bond acceptors (Lipinski definition) is 8. The maximum Gasteiger partial charge on any atom is 0.433 e. The molecule has 2 amide bonds. The van der Waals surface area contributed by atoms with Gasteiger partial charge in [-0.2, -0.15) is 13.2 Å². The molecule has 0 bridgehead atoms. The molecular weight excluding hydrogens is 545 g/mol. The van der Waals surface area contributed by atoms with Gasteiger partial charge in [-0.1, -0.05) is 6.07 Å². The molecule has 1 aliphatic rings. The Morgan fingerprint density at radius 2 is 1.93 bits per heavy atom. The zero-order chi connectivity index (χ0) is 29.1. The van der Waals surface area contributed by atoms with Gasteiger partial charge in [0.2, 0.25) is 17.8 Å². The van der Waals surface area contributed by atoms with Crippen LogP contribution >= 0.6 is 11.3 Å². The van der Waals surface area contributed by atoms with E-state index in [1.165, 1.54) is 23.2 Å². The van der Waals surface area contributed by atoms with Gasteiger partial charge in [-0.15, -0.1) is 11.3 Å². The SMILES string of the molecule is CC(=O)N(C)CCNC(=O)[C@H]1CC[C@](O)(c2ncc(-c3cc(C)cc(Nc4nccc(C(F)(F)F)n4)c3)s2)CC1. The Morgan fingerprint density at radius 1 is 1.20 bits per heavy atom. The van der Waals surface area contributed by atoms with Crippen LogP contribution < -0.4 is 10.6 Å². The summed E-state index contributed by atoms with van der Waals surface area (Å²) in [5.41, 5.74) is -0.0206. The molecule has 13 heteroatoms. The van der Waals surface area contributed by atoms with Gasteiger partial charge in [0.15, 0.2) is 0 Å². The van der Waals surface area contributed by atoms with Crippen molar-refractivity contribution >= 4 is 34.8 Å². The lowest BCUT2D eigenvalue weighted by atomic mass is 9.78. The Kier molecular flexibility index (Phi) is 8.74. The monoisotopic (exact) mass is 576 g/mol. The summed E-state index contributed by atoms with van der Waals surface area (Å²) in [6.07, 6.45) is -0.0622. The third-order valence-electron chi connectivity index (χ3n) is 6.94. The predicted octanol–water partition coefficient (Wildman–Crippen LogP) is 4.64. The number of rotatable bonds is 8. The molecule has 0 unspecified atom stereocenters. The topological polar surface area (TPSA) is 120 Å². The first kappa shape index (κ1) is 29.4. The van der Waals surface area contributed by atoms with Crippen molar-refractivity contribution in [3.8, 4) is 10.4 Å². The zero-order valence-electron chi connectivity index (χ0n) is 22.4. The summed E-state index contributed by atoms with van der Waals surface area (Å²) in [4.78, 5) is 38.1. The van der Waals surface area contributed by atoms with E-state index in [4.69, 9.17) is 0 Å². The number of nitrogens with zero attached hydrogens (tertiary/aromatic N) is 4. The largest absolute Gasteiger partial charge is 0.433 e. The van der Waals surface area contributed by atoms with E-state index < -0.39 is 17.5 Å². The minimum atomic E-state index is -4.58. The minimum Gasteiger partial charge on any atom is -0.383 e. The molecule has 4 rings (SSSR count). The molecule has 1 aliphatic carbocycles. The van der Waals surface area contributed by atoms with Crippen LogP contribution in [0, 0.1) is 12.8 Å². The number of nitrogens with one attached hydrogen (secondary N) is 2. The van der Waals surface area contributed by atoms with Gasteiger partial charge in [-0.05, 0) is 61.9 Å². The highest BCUT2D eigenvalue weighted by Gasteiger charge is 2.39. The Morgan fingerprint density at radius 3 is 2.60 bits per heavy atom. The number of carbonyl (C=O) groups is 2. The zero-order valence-corrected chi connectivity index (χ0v) is 23.2. The smallest absolute Gasteiger partial charge is 0.383 e. The fourth-order valence-corrected chi connectivity index (χ4v) is 5.60. The molecule has 1 aromatic carbocycles. The lowest BCUT2D eigenvalue weighted by Gasteiger charge is -2.34. The van der Waals surface area contributed by atoms with Crippen molar-refractivity contribution in [2.75, 3.05) is 25.5 Å². The summed E-state index contributed by atoms with van der Waals surface area (Å²) >= 11 is 1.34. The average molecular weight is 577 g/mol. The number of amides is 2. The van der Waals surface area contributed by atoms with Crippen LogP contribution in [0.15, 0.2) is 36.7 Å². The van der Waals surface area contributed by atoms with Gasteiger partial charge in [0, 0.05) is 51.1 Å². The van der Waals surface area contributed by atoms with E-state index in [1.807, 2.05) is 13.0 Å². The highest BCUT2D eigenvalue weighted by atomic mass is 32.1. The highest BCUT2D eigenvalue weighted by molar-refractivity contribution is 7.15. The molecule has 3 aromatic rings. The number of carbonyl (C=O) groups excluding carboxylic acids is 2. The number of likely N-dealkylation sites (N-methyl/N-ethyl adjacent to an activating group) is 1. The molecule has 0 aliphatic heterocycles. The second-order valence-electron chi connectivity index (χ2n) is 10.0. The van der Waals surface area contributed by atoms with Crippen LogP contribution in [0.25, 0.3) is 10.4 Å². The highest BCUT2D eigenvalue weighted by Crippen LogP contribution is 2.43. The predicted molar refractivity (Wildman–Crippen MR) is 145 cm³/mol. The van der Waals surface area contributed by atoms with Crippen molar-refractivity contribution in [2.45, 2.75) is 51.3 Å². The van der Waals surface area contributed by atoms with Gasteiger partial charge in [-0.25, -0.2) is 15.0 Å². The summed E-state index contributed by atoms with van der Waals surface area (Å²) in [5, 5.41) is 17.6. The maximum absolute atomic E-state index is 13.0. The van der Waals surface area contributed by atoms with Crippen LogP contribution in [-0.4, -0.2) is 56.9 Å². The number of hydrogen-bond donors (Lipinski definition) is 3. The second-order valence-corrected chi connectivity index (χ2v) is 11.1. The van der Waals surface area contributed by atoms with Crippen molar-refractivity contribution in [1.82, 2.24) is 25.2 Å². The second kappa shape index (κ2) is 11.9. The molecule has 214 valence electrons. The molecule has 0 radical (unpaired) electrons. The number of aliphatic hydroxyl groups is 1. The van der Waals surface area contributed by atoms with E-state index in [9.17, 15) is 27.9 Å². The van der Waals surface area contributed by atoms with Crippen LogP contribution in [-0.2, 0) is 21.4 Å². The van der Waals surface area contributed by atoms with Crippen LogP contribution in [0.2, 0.25) is 0 Å². The Hall–Kier alpha value is -3.58. The molecule has 1 saturated carbocycles. The molecule has 40 heavy (non-hydrogen) atoms. The van der Waals surface area contributed by atoms with Gasteiger partial charge < -0.3 is 20.6 Å². The Bertz CT molecular complexity index is 1370. The summed E-state index contributed by atoms with van der Waals surface area (Å²) in [5.74, 6) is -0.533. The molecule has 9 nitrogen and oxygen atoms in total. The molecule has 2 aromatic heterocycles. The van der Waals surface area contributed by atoms with Crippen molar-refractivity contribution in [1.29, 1.82) is 0 Å². The molecule has 0 saturated heterocycles. The van der Waals surface area contributed by atoms with E-state index in [0.717, 1.165) is 28.3 Å². The van der Waals surface area contributed by atoms with E-state index in [1.54, 1.807) is 25.4 Å². The van der Waals surface area contributed by atoms with Gasteiger partial charge >= 0.3 is 6.18 Å². The molecule has 1 fully saturated rings. The number of benzene rings is 1. The third kappa shape index (κ3) is 7.13. The minimum absolute atomic E-state index is 0.0670. The number of aryl methyl sites for hydroxylation is 1. The average Bonchev–Trinajstić information content (AvgIpc) is 3.40. The van der Waals surface area contributed by atoms with Crippen molar-refractivity contribution in [3.63, 3.8) is 0 Å². The standard InChI is InChI=1S/C27H31F3N6O3S/c1-16-12-19(14-20(13-16)34-25-32-9-6-22(35-25)27(28,29)30)21-15-33-24(40-21)26(39)7-4-18(5-8-26)23(38)31-10-11-36(3)17(2)37/h6,9,12-15,18,39H,4-5,7-8,10-11H2,1-3H3,(H,31,38)(H,32,34,35)/t18-,26+. The van der Waals surface area contributed by atoms with E-state index >= 15 is 0 Å². The molecule has 2 heterocycles. The van der Waals surface area contributed by atoms with Crippen molar-refractivity contribution in [2.24, 2.45) is 5.92 Å². The quantitative estimate of drug-likeness (QED) is 0.357. The summed E-state index contributed by atoms with van der Waals surface area (Å²) in [6.45, 7) is 4.14. The van der Waals surface area contributed by atoms with Crippen LogP contribution in [0.1, 0.15) is 48.9 Å². The molecular formula is C27H31F3N6O3S. The molecule has 0 atom stereocenters. The van der Waals surface area contributed by atoms with Crippen molar-refractivity contribution in [3.05, 3.63) is 52.9 Å². The lowest BCUT2D eigenvalue weighted by Crippen LogP contribution is -2.41. The van der Waals surface area contributed by atoms with E-state index in [2.05, 4.69) is 25.6 Å². The summed E-state index contributed by atoms with van der Waals surface area (Å²) < 4.78 is 39.1. The fraction of sp³-hybridized carbons (Fsp3) is 0.444. The Labute approximate surface area is 233 Å². The number of aromatic nitrogens is 3. The van der Waals surface area contributed by atoms with Crippen LogP contribution in [0.3, 0.4) is 0 Å². The summed E-state index contributed by atoms with van der Waals surface area (Å²) in [7, 11) is 1.68. The van der Waals surface area contributed by atoms with Gasteiger partial charge in [0.1, 0.15) is 16.3 Å². The first-order valence-electron chi connectivity index (χ1n) is 12.8. The van der Waals surface area contributed by atoms with E-state index in [-0.39, 0.29) is 23.7 Å². The number of thiazole rings is 1. The third-order valence-corrected chi connectivity index (χ3v) is 8.18. The number of alkyl halides is 3. The number of anilines is 2. The molecule has 0 spiro atoms. The fourth-order valence-electron chi connectivity index (χ4n) is 4.55. The van der Waals surface area contributed by atoms with Gasteiger partial charge in [0.25, 0.3) is 0 Å². The van der Waals surface area contributed by atoms with Crippen LogP contribution in [0.5, 0.6) is 0 Å². The Balaban J connectivity index is 1.41. The normalized spacial score (nSPS) is 19.2. The van der Waals surface area contributed by atoms with Crippen molar-refractivity contribution < 1.29 is 27.9 Å². The first-order valence-corrected chi connectivity index (χ1v) is 13.6. The van der Waals surface area contributed by atoms with E-state index in [0.29, 0.717) is 49.5 Å². The van der Waals surface area contributed by atoms with Gasteiger partial charge in [-0.3, -0.25) is 9.59 Å². The van der Waals surface area contributed by atoms with Crippen LogP contribution in [0.4, 0.5) is 24.8 Å². The molecule has 3 N–H and O–H groups in total. The number of halogens is 3. The summed E-state index contributed by atoms with van der Waals surface area (Å²) in [6, 6.07) is 6.27.